The second-order valence-corrected chi connectivity index (χ2v) is 6.78. The highest BCUT2D eigenvalue weighted by atomic mass is 16.5. The van der Waals surface area contributed by atoms with Crippen LogP contribution in [0.15, 0.2) is 42.5 Å². The number of hydrogen-bond donors (Lipinski definition) is 1. The second-order valence-electron chi connectivity index (χ2n) is 6.78. The quantitative estimate of drug-likeness (QED) is 0.797. The van der Waals surface area contributed by atoms with E-state index in [9.17, 15) is 14.4 Å². The number of hydrogen-bond acceptors (Lipinski definition) is 5. The van der Waals surface area contributed by atoms with Gasteiger partial charge in [-0.3, -0.25) is 19.3 Å². The average Bonchev–Trinajstić information content (AvgIpc) is 2.73. The Hall–Kier alpha value is -3.55. The SMILES string of the molecule is COc1cccc(CNC(=O)CN2C(=O)COc3ccc(C(=O)N(C)C)cc32)c1. The molecule has 152 valence electrons. The first kappa shape index (κ1) is 20.2. The van der Waals surface area contributed by atoms with E-state index in [2.05, 4.69) is 5.32 Å². The van der Waals surface area contributed by atoms with Crippen molar-refractivity contribution in [3.05, 3.63) is 53.6 Å². The molecule has 3 amide bonds. The van der Waals surface area contributed by atoms with E-state index in [0.29, 0.717) is 29.3 Å². The van der Waals surface area contributed by atoms with Gasteiger partial charge in [0.15, 0.2) is 6.61 Å². The number of anilines is 1. The summed E-state index contributed by atoms with van der Waals surface area (Å²) < 4.78 is 10.6. The van der Waals surface area contributed by atoms with Crippen LogP contribution in [0, 0.1) is 0 Å². The number of methoxy groups -OCH3 is 1. The molecule has 0 radical (unpaired) electrons. The van der Waals surface area contributed by atoms with Crippen LogP contribution in [0.25, 0.3) is 0 Å². The van der Waals surface area contributed by atoms with Crippen LogP contribution in [0.2, 0.25) is 0 Å². The minimum Gasteiger partial charge on any atom is -0.497 e. The molecule has 0 unspecified atom stereocenters. The van der Waals surface area contributed by atoms with Crippen molar-refractivity contribution in [1.82, 2.24) is 10.2 Å². The fourth-order valence-electron chi connectivity index (χ4n) is 2.95. The average molecular weight is 397 g/mol. The van der Waals surface area contributed by atoms with E-state index in [4.69, 9.17) is 9.47 Å². The Morgan fingerprint density at radius 1 is 1.21 bits per heavy atom. The van der Waals surface area contributed by atoms with Crippen LogP contribution in [0.5, 0.6) is 11.5 Å². The summed E-state index contributed by atoms with van der Waals surface area (Å²) in [6, 6.07) is 12.2. The summed E-state index contributed by atoms with van der Waals surface area (Å²) in [4.78, 5) is 39.9. The van der Waals surface area contributed by atoms with Crippen molar-refractivity contribution in [1.29, 1.82) is 0 Å². The zero-order valence-corrected chi connectivity index (χ0v) is 16.6. The van der Waals surface area contributed by atoms with Crippen LogP contribution in [0.3, 0.4) is 0 Å². The molecule has 1 N–H and O–H groups in total. The van der Waals surface area contributed by atoms with Crippen LogP contribution in [0.1, 0.15) is 15.9 Å². The molecule has 2 aromatic carbocycles. The Morgan fingerprint density at radius 3 is 2.72 bits per heavy atom. The molecule has 2 aromatic rings. The molecule has 0 spiro atoms. The number of nitrogens with zero attached hydrogens (tertiary/aromatic N) is 2. The highest BCUT2D eigenvalue weighted by Crippen LogP contribution is 2.33. The summed E-state index contributed by atoms with van der Waals surface area (Å²) in [5, 5.41) is 2.80. The van der Waals surface area contributed by atoms with Crippen LogP contribution in [0.4, 0.5) is 5.69 Å². The minimum atomic E-state index is -0.344. The van der Waals surface area contributed by atoms with E-state index >= 15 is 0 Å². The lowest BCUT2D eigenvalue weighted by atomic mass is 10.1. The first-order valence-electron chi connectivity index (χ1n) is 9.07. The van der Waals surface area contributed by atoms with Gasteiger partial charge < -0.3 is 19.7 Å². The highest BCUT2D eigenvalue weighted by Gasteiger charge is 2.28. The van der Waals surface area contributed by atoms with Gasteiger partial charge in [0.2, 0.25) is 5.91 Å². The molecular formula is C21H23N3O5. The first-order chi connectivity index (χ1) is 13.9. The van der Waals surface area contributed by atoms with Gasteiger partial charge in [-0.15, -0.1) is 0 Å². The van der Waals surface area contributed by atoms with Crippen molar-refractivity contribution in [2.24, 2.45) is 0 Å². The Kier molecular flexibility index (Phi) is 6.01. The number of carbonyl (C=O) groups excluding carboxylic acids is 3. The summed E-state index contributed by atoms with van der Waals surface area (Å²) in [7, 11) is 4.87. The zero-order valence-electron chi connectivity index (χ0n) is 16.6. The molecule has 29 heavy (non-hydrogen) atoms. The van der Waals surface area contributed by atoms with Crippen molar-refractivity contribution in [3.8, 4) is 11.5 Å². The third-order valence-electron chi connectivity index (χ3n) is 4.48. The smallest absolute Gasteiger partial charge is 0.265 e. The van der Waals surface area contributed by atoms with Crippen molar-refractivity contribution in [3.63, 3.8) is 0 Å². The van der Waals surface area contributed by atoms with Gasteiger partial charge in [-0.2, -0.15) is 0 Å². The number of benzene rings is 2. The van der Waals surface area contributed by atoms with Crippen molar-refractivity contribution >= 4 is 23.4 Å². The van der Waals surface area contributed by atoms with E-state index in [-0.39, 0.29) is 30.9 Å². The van der Waals surface area contributed by atoms with Crippen LogP contribution >= 0.6 is 0 Å². The number of amides is 3. The summed E-state index contributed by atoms with van der Waals surface area (Å²) >= 11 is 0. The van der Waals surface area contributed by atoms with E-state index < -0.39 is 0 Å². The lowest BCUT2D eigenvalue weighted by molar-refractivity contribution is -0.125. The van der Waals surface area contributed by atoms with Crippen LogP contribution in [-0.2, 0) is 16.1 Å². The lowest BCUT2D eigenvalue weighted by Gasteiger charge is -2.29. The molecule has 3 rings (SSSR count). The molecule has 0 saturated carbocycles. The Bertz CT molecular complexity index is 942. The Labute approximate surface area is 169 Å². The van der Waals surface area contributed by atoms with Crippen molar-refractivity contribution in [2.75, 3.05) is 39.3 Å². The number of carbonyl (C=O) groups is 3. The fourth-order valence-corrected chi connectivity index (χ4v) is 2.95. The third-order valence-corrected chi connectivity index (χ3v) is 4.48. The fraction of sp³-hybridized carbons (Fsp3) is 0.286. The monoisotopic (exact) mass is 397 g/mol. The van der Waals surface area contributed by atoms with Gasteiger partial charge in [-0.05, 0) is 35.9 Å². The molecule has 8 nitrogen and oxygen atoms in total. The van der Waals surface area contributed by atoms with Crippen molar-refractivity contribution in [2.45, 2.75) is 6.54 Å². The van der Waals surface area contributed by atoms with Gasteiger partial charge >= 0.3 is 0 Å². The molecule has 0 fully saturated rings. The number of ether oxygens (including phenoxy) is 2. The highest BCUT2D eigenvalue weighted by molar-refractivity contribution is 6.04. The van der Waals surface area contributed by atoms with Gasteiger partial charge in [0.05, 0.1) is 12.8 Å². The molecular weight excluding hydrogens is 374 g/mol. The predicted octanol–water partition coefficient (Wildman–Crippen LogP) is 1.44. The lowest BCUT2D eigenvalue weighted by Crippen LogP contribution is -2.45. The maximum absolute atomic E-state index is 12.5. The van der Waals surface area contributed by atoms with Gasteiger partial charge in [0.1, 0.15) is 18.0 Å². The molecule has 1 aliphatic rings. The van der Waals surface area contributed by atoms with Crippen molar-refractivity contribution < 1.29 is 23.9 Å². The first-order valence-corrected chi connectivity index (χ1v) is 9.07. The summed E-state index contributed by atoms with van der Waals surface area (Å²) in [5.74, 6) is 0.294. The van der Waals surface area contributed by atoms with Crippen LogP contribution < -0.4 is 19.7 Å². The molecule has 1 aliphatic heterocycles. The number of rotatable bonds is 6. The van der Waals surface area contributed by atoms with Gasteiger partial charge in [-0.25, -0.2) is 0 Å². The van der Waals surface area contributed by atoms with Crippen LogP contribution in [-0.4, -0.2) is 57.0 Å². The Balaban J connectivity index is 1.73. The zero-order chi connectivity index (χ0) is 21.0. The predicted molar refractivity (Wildman–Crippen MR) is 107 cm³/mol. The summed E-state index contributed by atoms with van der Waals surface area (Å²) in [5.41, 5.74) is 1.70. The number of fused-ring (bicyclic) bond motifs is 1. The molecule has 0 aliphatic carbocycles. The molecule has 0 bridgehead atoms. The van der Waals surface area contributed by atoms with E-state index in [1.165, 1.54) is 9.80 Å². The largest absolute Gasteiger partial charge is 0.497 e. The number of nitrogens with one attached hydrogen (secondary N) is 1. The topological polar surface area (TPSA) is 88.2 Å². The van der Waals surface area contributed by atoms with E-state index in [1.807, 2.05) is 24.3 Å². The minimum absolute atomic E-state index is 0.156. The molecule has 0 atom stereocenters. The summed E-state index contributed by atoms with van der Waals surface area (Å²) in [6.45, 7) is -0.0174. The molecule has 8 heteroatoms. The third kappa shape index (κ3) is 4.66. The summed E-state index contributed by atoms with van der Waals surface area (Å²) in [6.07, 6.45) is 0. The van der Waals surface area contributed by atoms with E-state index in [0.717, 1.165) is 5.56 Å². The molecule has 0 saturated heterocycles. The molecule has 1 heterocycles. The maximum atomic E-state index is 12.5. The standard InChI is InChI=1S/C21H23N3O5/c1-23(2)21(27)15-7-8-18-17(10-15)24(20(26)13-29-18)12-19(25)22-11-14-5-4-6-16(9-14)28-3/h4-10H,11-13H2,1-3H3,(H,22,25). The van der Waals surface area contributed by atoms with Gasteiger partial charge in [0, 0.05) is 26.2 Å². The second kappa shape index (κ2) is 8.64. The molecule has 0 aromatic heterocycles. The van der Waals surface area contributed by atoms with Gasteiger partial charge in [0.25, 0.3) is 11.8 Å². The normalized spacial score (nSPS) is 12.7. The Morgan fingerprint density at radius 2 is 2.00 bits per heavy atom. The van der Waals surface area contributed by atoms with E-state index in [1.54, 1.807) is 39.4 Å². The van der Waals surface area contributed by atoms with Gasteiger partial charge in [-0.1, -0.05) is 12.1 Å². The maximum Gasteiger partial charge on any atom is 0.265 e.